The second-order valence-corrected chi connectivity index (χ2v) is 6.28. The molecule has 0 fully saturated rings. The normalized spacial score (nSPS) is 11.2. The first kappa shape index (κ1) is 13.5. The van der Waals surface area contributed by atoms with Gasteiger partial charge in [0.2, 0.25) is 0 Å². The van der Waals surface area contributed by atoms with Crippen molar-refractivity contribution in [2.75, 3.05) is 0 Å². The van der Waals surface area contributed by atoms with Crippen molar-refractivity contribution < 1.29 is 4.74 Å². The first-order valence-electron chi connectivity index (χ1n) is 6.34. The van der Waals surface area contributed by atoms with E-state index < -0.39 is 0 Å². The Balaban J connectivity index is 1.96. The molecule has 0 aliphatic rings. The van der Waals surface area contributed by atoms with E-state index in [1.165, 1.54) is 16.9 Å². The molecule has 3 rings (SSSR count). The third-order valence-electron chi connectivity index (χ3n) is 2.96. The van der Waals surface area contributed by atoms with E-state index in [0.29, 0.717) is 11.1 Å². The molecule has 0 saturated heterocycles. The maximum Gasteiger partial charge on any atom is 0.298 e. The van der Waals surface area contributed by atoms with Crippen LogP contribution in [0.3, 0.4) is 0 Å². The van der Waals surface area contributed by atoms with E-state index in [0.717, 1.165) is 21.4 Å². The van der Waals surface area contributed by atoms with Crippen LogP contribution in [0.1, 0.15) is 25.6 Å². The van der Waals surface area contributed by atoms with Crippen molar-refractivity contribution in [3.8, 4) is 10.9 Å². The topological polar surface area (TPSA) is 35.0 Å². The summed E-state index contributed by atoms with van der Waals surface area (Å²) in [4.78, 5) is 4.39. The standard InChI is InChI=1S/C15H13BrN2OS/c1-9(2)14-17-15(20-18-14)19-12-8-7-10-5-3-4-6-11(10)13(12)16/h3-9H,1-2H3. The Bertz CT molecular complexity index is 754. The number of fused-ring (bicyclic) bond motifs is 1. The molecule has 3 nitrogen and oxygen atoms in total. The summed E-state index contributed by atoms with van der Waals surface area (Å²) in [5, 5.41) is 2.87. The van der Waals surface area contributed by atoms with Crippen LogP contribution in [0, 0.1) is 0 Å². The predicted octanol–water partition coefficient (Wildman–Crippen LogP) is 5.37. The first-order chi connectivity index (χ1) is 9.65. The molecule has 0 atom stereocenters. The highest BCUT2D eigenvalue weighted by molar-refractivity contribution is 9.10. The Kier molecular flexibility index (Phi) is 3.72. The maximum absolute atomic E-state index is 5.85. The zero-order chi connectivity index (χ0) is 14.1. The van der Waals surface area contributed by atoms with Crippen LogP contribution in [0.15, 0.2) is 40.9 Å². The number of aromatic nitrogens is 2. The smallest absolute Gasteiger partial charge is 0.298 e. The van der Waals surface area contributed by atoms with E-state index in [1.807, 2.05) is 24.3 Å². The minimum atomic E-state index is 0.309. The van der Waals surface area contributed by atoms with E-state index in [2.05, 4.69) is 51.3 Å². The molecule has 0 radical (unpaired) electrons. The van der Waals surface area contributed by atoms with Crippen molar-refractivity contribution in [2.45, 2.75) is 19.8 Å². The molecule has 1 heterocycles. The molecule has 0 aliphatic carbocycles. The number of halogens is 1. The summed E-state index contributed by atoms with van der Waals surface area (Å²) in [7, 11) is 0. The maximum atomic E-state index is 5.85. The van der Waals surface area contributed by atoms with Gasteiger partial charge in [-0.05, 0) is 32.8 Å². The van der Waals surface area contributed by atoms with Crippen molar-refractivity contribution in [3.63, 3.8) is 0 Å². The fraction of sp³-hybridized carbons (Fsp3) is 0.200. The average Bonchev–Trinajstić information content (AvgIpc) is 2.91. The number of nitrogens with zero attached hydrogens (tertiary/aromatic N) is 2. The zero-order valence-electron chi connectivity index (χ0n) is 11.1. The van der Waals surface area contributed by atoms with Gasteiger partial charge >= 0.3 is 0 Å². The molecule has 0 aliphatic heterocycles. The summed E-state index contributed by atoms with van der Waals surface area (Å²) in [6.07, 6.45) is 0. The summed E-state index contributed by atoms with van der Waals surface area (Å²) < 4.78 is 11.1. The summed E-state index contributed by atoms with van der Waals surface area (Å²) in [5.74, 6) is 1.89. The monoisotopic (exact) mass is 348 g/mol. The highest BCUT2D eigenvalue weighted by Crippen LogP contribution is 2.36. The van der Waals surface area contributed by atoms with Crippen LogP contribution in [0.5, 0.6) is 10.9 Å². The van der Waals surface area contributed by atoms with Crippen LogP contribution < -0.4 is 4.74 Å². The van der Waals surface area contributed by atoms with Crippen molar-refractivity contribution >= 4 is 38.2 Å². The van der Waals surface area contributed by atoms with E-state index in [1.54, 1.807) is 0 Å². The van der Waals surface area contributed by atoms with Crippen LogP contribution in [0.4, 0.5) is 0 Å². The lowest BCUT2D eigenvalue weighted by atomic mass is 10.1. The van der Waals surface area contributed by atoms with Gasteiger partial charge in [-0.15, -0.1) is 0 Å². The fourth-order valence-corrected chi connectivity index (χ4v) is 3.14. The van der Waals surface area contributed by atoms with Crippen LogP contribution in [0.25, 0.3) is 10.8 Å². The van der Waals surface area contributed by atoms with Gasteiger partial charge in [-0.1, -0.05) is 44.2 Å². The summed E-state index contributed by atoms with van der Waals surface area (Å²) in [6, 6.07) is 12.2. The molecule has 2 aromatic carbocycles. The highest BCUT2D eigenvalue weighted by atomic mass is 79.9. The van der Waals surface area contributed by atoms with Crippen molar-refractivity contribution in [1.29, 1.82) is 0 Å². The lowest BCUT2D eigenvalue weighted by Gasteiger charge is -2.07. The number of rotatable bonds is 3. The Morgan fingerprint density at radius 1 is 1.15 bits per heavy atom. The van der Waals surface area contributed by atoms with Gasteiger partial charge in [0.15, 0.2) is 0 Å². The van der Waals surface area contributed by atoms with E-state index >= 15 is 0 Å². The second kappa shape index (κ2) is 5.50. The van der Waals surface area contributed by atoms with Gasteiger partial charge in [-0.3, -0.25) is 0 Å². The number of ether oxygens (including phenoxy) is 1. The largest absolute Gasteiger partial charge is 0.429 e. The van der Waals surface area contributed by atoms with E-state index in [4.69, 9.17) is 4.74 Å². The highest BCUT2D eigenvalue weighted by Gasteiger charge is 2.12. The Morgan fingerprint density at radius 3 is 2.70 bits per heavy atom. The Morgan fingerprint density at radius 2 is 1.95 bits per heavy atom. The molecule has 102 valence electrons. The second-order valence-electron chi connectivity index (χ2n) is 4.77. The molecule has 20 heavy (non-hydrogen) atoms. The molecule has 0 bridgehead atoms. The van der Waals surface area contributed by atoms with Crippen molar-refractivity contribution in [2.24, 2.45) is 0 Å². The molecule has 0 amide bonds. The molecular weight excluding hydrogens is 336 g/mol. The van der Waals surface area contributed by atoms with E-state index in [-0.39, 0.29) is 0 Å². The fourth-order valence-electron chi connectivity index (χ4n) is 1.88. The van der Waals surface area contributed by atoms with Crippen LogP contribution >= 0.6 is 27.5 Å². The minimum Gasteiger partial charge on any atom is -0.429 e. The van der Waals surface area contributed by atoms with E-state index in [9.17, 15) is 0 Å². The molecule has 0 spiro atoms. The summed E-state index contributed by atoms with van der Waals surface area (Å²) in [5.41, 5.74) is 0. The summed E-state index contributed by atoms with van der Waals surface area (Å²) >= 11 is 4.89. The Labute approximate surface area is 129 Å². The number of hydrogen-bond acceptors (Lipinski definition) is 4. The Hall–Kier alpha value is -1.46. The van der Waals surface area contributed by atoms with Gasteiger partial charge in [0.05, 0.1) is 4.47 Å². The minimum absolute atomic E-state index is 0.309. The van der Waals surface area contributed by atoms with Crippen LogP contribution in [0.2, 0.25) is 0 Å². The van der Waals surface area contributed by atoms with Gasteiger partial charge < -0.3 is 4.74 Å². The van der Waals surface area contributed by atoms with Gasteiger partial charge in [0.1, 0.15) is 11.6 Å². The molecule has 5 heteroatoms. The van der Waals surface area contributed by atoms with Gasteiger partial charge in [-0.2, -0.15) is 9.36 Å². The van der Waals surface area contributed by atoms with Crippen LogP contribution in [-0.4, -0.2) is 9.36 Å². The lowest BCUT2D eigenvalue weighted by molar-refractivity contribution is 0.474. The van der Waals surface area contributed by atoms with Gasteiger partial charge in [-0.25, -0.2) is 0 Å². The third-order valence-corrected chi connectivity index (χ3v) is 4.39. The van der Waals surface area contributed by atoms with Crippen molar-refractivity contribution in [3.05, 3.63) is 46.7 Å². The summed E-state index contributed by atoms with van der Waals surface area (Å²) in [6.45, 7) is 4.13. The zero-order valence-corrected chi connectivity index (χ0v) is 13.5. The quantitative estimate of drug-likeness (QED) is 0.638. The molecule has 1 aromatic heterocycles. The molecule has 0 N–H and O–H groups in total. The van der Waals surface area contributed by atoms with Gasteiger partial charge in [0.25, 0.3) is 5.19 Å². The van der Waals surface area contributed by atoms with Crippen LogP contribution in [-0.2, 0) is 0 Å². The SMILES string of the molecule is CC(C)c1nsc(Oc2ccc3ccccc3c2Br)n1. The third kappa shape index (κ3) is 2.55. The first-order valence-corrected chi connectivity index (χ1v) is 7.90. The number of hydrogen-bond donors (Lipinski definition) is 0. The lowest BCUT2D eigenvalue weighted by Crippen LogP contribution is -1.90. The predicted molar refractivity (Wildman–Crippen MR) is 85.7 cm³/mol. The average molecular weight is 349 g/mol. The molecule has 0 saturated carbocycles. The van der Waals surface area contributed by atoms with Crippen molar-refractivity contribution in [1.82, 2.24) is 9.36 Å². The number of benzene rings is 2. The van der Waals surface area contributed by atoms with Gasteiger partial charge in [0, 0.05) is 17.5 Å². The molecule has 0 unspecified atom stereocenters. The molecular formula is C15H13BrN2OS. The molecule has 3 aromatic rings.